The van der Waals surface area contributed by atoms with Crippen molar-refractivity contribution in [3.63, 3.8) is 0 Å². The number of carbonyl (C=O) groups is 1. The number of ether oxygens (including phenoxy) is 1. The van der Waals surface area contributed by atoms with Crippen LogP contribution in [-0.4, -0.2) is 25.1 Å². The van der Waals surface area contributed by atoms with Crippen LogP contribution < -0.4 is 15.8 Å². The topological polar surface area (TPSA) is 64.4 Å². The Labute approximate surface area is 136 Å². The molecular weight excluding hydrogens is 288 g/mol. The van der Waals surface area contributed by atoms with E-state index in [2.05, 4.69) is 11.4 Å². The van der Waals surface area contributed by atoms with Crippen LogP contribution in [0.1, 0.15) is 23.5 Å². The quantitative estimate of drug-likeness (QED) is 0.890. The molecule has 0 aromatic heterocycles. The van der Waals surface area contributed by atoms with Gasteiger partial charge in [0.15, 0.2) is 0 Å². The molecule has 0 spiro atoms. The minimum Gasteiger partial charge on any atom is -0.493 e. The Hall–Kier alpha value is -2.33. The van der Waals surface area contributed by atoms with Crippen LogP contribution in [0.2, 0.25) is 0 Å². The van der Waals surface area contributed by atoms with Gasteiger partial charge in [0, 0.05) is 12.5 Å². The van der Waals surface area contributed by atoms with Gasteiger partial charge in [0.05, 0.1) is 12.6 Å². The molecule has 1 aliphatic heterocycles. The molecule has 3 N–H and O–H groups in total. The fourth-order valence-corrected chi connectivity index (χ4v) is 2.94. The van der Waals surface area contributed by atoms with E-state index in [0.717, 1.165) is 23.3 Å². The smallest absolute Gasteiger partial charge is 0.237 e. The molecule has 0 aliphatic carbocycles. The number of carbonyl (C=O) groups excluding carboxylic acids is 1. The Bertz CT molecular complexity index is 657. The molecule has 0 bridgehead atoms. The van der Waals surface area contributed by atoms with E-state index in [-0.39, 0.29) is 11.8 Å². The zero-order chi connectivity index (χ0) is 16.1. The first-order valence-corrected chi connectivity index (χ1v) is 8.03. The van der Waals surface area contributed by atoms with Gasteiger partial charge in [-0.15, -0.1) is 0 Å². The van der Waals surface area contributed by atoms with E-state index in [4.69, 9.17) is 10.5 Å². The van der Waals surface area contributed by atoms with E-state index in [1.807, 2.05) is 48.5 Å². The van der Waals surface area contributed by atoms with Gasteiger partial charge in [-0.2, -0.15) is 0 Å². The van der Waals surface area contributed by atoms with Gasteiger partial charge in [-0.25, -0.2) is 0 Å². The number of nitrogens with two attached hydrogens (primary N) is 1. The van der Waals surface area contributed by atoms with Crippen LogP contribution in [0.15, 0.2) is 54.6 Å². The van der Waals surface area contributed by atoms with E-state index in [0.29, 0.717) is 19.6 Å². The molecule has 4 heteroatoms. The van der Waals surface area contributed by atoms with Crippen LogP contribution >= 0.6 is 0 Å². The summed E-state index contributed by atoms with van der Waals surface area (Å²) in [4.78, 5) is 12.2. The van der Waals surface area contributed by atoms with Crippen molar-refractivity contribution in [3.8, 4) is 5.75 Å². The third-order valence-corrected chi connectivity index (χ3v) is 4.24. The molecule has 1 heterocycles. The van der Waals surface area contributed by atoms with E-state index in [9.17, 15) is 4.79 Å². The van der Waals surface area contributed by atoms with Crippen molar-refractivity contribution >= 4 is 5.91 Å². The molecule has 0 saturated carbocycles. The maximum Gasteiger partial charge on any atom is 0.237 e. The first-order chi connectivity index (χ1) is 11.2. The lowest BCUT2D eigenvalue weighted by molar-refractivity contribution is -0.122. The summed E-state index contributed by atoms with van der Waals surface area (Å²) in [6, 6.07) is 17.3. The molecular formula is C19H22N2O2. The lowest BCUT2D eigenvalue weighted by Crippen LogP contribution is -2.43. The van der Waals surface area contributed by atoms with E-state index in [1.165, 1.54) is 0 Å². The second-order valence-electron chi connectivity index (χ2n) is 5.91. The molecule has 2 aromatic rings. The largest absolute Gasteiger partial charge is 0.493 e. The van der Waals surface area contributed by atoms with Crippen LogP contribution in [0.5, 0.6) is 5.75 Å². The number of hydrogen-bond acceptors (Lipinski definition) is 3. The number of rotatable bonds is 5. The number of nitrogens with one attached hydrogen (secondary N) is 1. The van der Waals surface area contributed by atoms with Gasteiger partial charge >= 0.3 is 0 Å². The van der Waals surface area contributed by atoms with Gasteiger partial charge in [0.2, 0.25) is 5.91 Å². The highest BCUT2D eigenvalue weighted by Gasteiger charge is 2.22. The lowest BCUT2D eigenvalue weighted by Gasteiger charge is -2.26. The van der Waals surface area contributed by atoms with Crippen LogP contribution in [0.3, 0.4) is 0 Å². The van der Waals surface area contributed by atoms with E-state index >= 15 is 0 Å². The zero-order valence-corrected chi connectivity index (χ0v) is 13.1. The fourth-order valence-electron chi connectivity index (χ4n) is 2.94. The van der Waals surface area contributed by atoms with Crippen LogP contribution in [0, 0.1) is 0 Å². The van der Waals surface area contributed by atoms with Crippen molar-refractivity contribution in [2.75, 3.05) is 13.2 Å². The predicted octanol–water partition coefficient (Wildman–Crippen LogP) is 2.24. The Morgan fingerprint density at radius 3 is 2.74 bits per heavy atom. The van der Waals surface area contributed by atoms with Crippen molar-refractivity contribution in [1.82, 2.24) is 5.32 Å². The number of fused-ring (bicyclic) bond motifs is 1. The molecule has 0 saturated heterocycles. The second-order valence-corrected chi connectivity index (χ2v) is 5.91. The summed E-state index contributed by atoms with van der Waals surface area (Å²) in [5.41, 5.74) is 8.26. The Balaban J connectivity index is 1.55. The number of para-hydroxylation sites is 1. The number of hydrogen-bond donors (Lipinski definition) is 2. The summed E-state index contributed by atoms with van der Waals surface area (Å²) >= 11 is 0. The lowest BCUT2D eigenvalue weighted by atomic mass is 9.93. The van der Waals surface area contributed by atoms with Crippen LogP contribution in [0.25, 0.3) is 0 Å². The average molecular weight is 310 g/mol. The molecule has 1 aliphatic rings. The molecule has 4 nitrogen and oxygen atoms in total. The fraction of sp³-hybridized carbons (Fsp3) is 0.316. The minimum atomic E-state index is -0.521. The van der Waals surface area contributed by atoms with E-state index in [1.54, 1.807) is 0 Å². The summed E-state index contributed by atoms with van der Waals surface area (Å²) in [5.74, 6) is 1.11. The predicted molar refractivity (Wildman–Crippen MR) is 90.4 cm³/mol. The molecule has 3 rings (SSSR count). The van der Waals surface area contributed by atoms with Gasteiger partial charge in [-0.05, 0) is 30.0 Å². The van der Waals surface area contributed by atoms with Crippen LogP contribution in [-0.2, 0) is 11.2 Å². The van der Waals surface area contributed by atoms with Gasteiger partial charge in [0.25, 0.3) is 0 Å². The van der Waals surface area contributed by atoms with Crippen molar-refractivity contribution in [1.29, 1.82) is 0 Å². The van der Waals surface area contributed by atoms with Crippen molar-refractivity contribution in [2.24, 2.45) is 5.73 Å². The SMILES string of the molecule is N[C@@H](Cc1ccccc1)C(=O)NCC1CCOc2ccccc21. The standard InChI is InChI=1S/C19H22N2O2/c20-17(12-14-6-2-1-3-7-14)19(22)21-13-15-10-11-23-18-9-5-4-8-16(15)18/h1-9,15,17H,10-13,20H2,(H,21,22)/t15?,17-/m0/s1. The van der Waals surface area contributed by atoms with Gasteiger partial charge in [0.1, 0.15) is 5.75 Å². The van der Waals surface area contributed by atoms with Crippen molar-refractivity contribution in [3.05, 3.63) is 65.7 Å². The third kappa shape index (κ3) is 3.90. The number of amides is 1. The van der Waals surface area contributed by atoms with Crippen molar-refractivity contribution < 1.29 is 9.53 Å². The normalized spacial score (nSPS) is 17.7. The highest BCUT2D eigenvalue weighted by atomic mass is 16.5. The minimum absolute atomic E-state index is 0.0992. The Morgan fingerprint density at radius 2 is 1.91 bits per heavy atom. The highest BCUT2D eigenvalue weighted by Crippen LogP contribution is 2.32. The monoisotopic (exact) mass is 310 g/mol. The first kappa shape index (κ1) is 15.6. The Morgan fingerprint density at radius 1 is 1.17 bits per heavy atom. The summed E-state index contributed by atoms with van der Waals surface area (Å²) in [7, 11) is 0. The highest BCUT2D eigenvalue weighted by molar-refractivity contribution is 5.81. The van der Waals surface area contributed by atoms with Crippen molar-refractivity contribution in [2.45, 2.75) is 24.8 Å². The molecule has 23 heavy (non-hydrogen) atoms. The van der Waals surface area contributed by atoms with Gasteiger partial charge < -0.3 is 15.8 Å². The average Bonchev–Trinajstić information content (AvgIpc) is 2.60. The summed E-state index contributed by atoms with van der Waals surface area (Å²) in [5, 5.41) is 2.99. The molecule has 1 amide bonds. The Kier molecular flexibility index (Phi) is 4.93. The zero-order valence-electron chi connectivity index (χ0n) is 13.1. The first-order valence-electron chi connectivity index (χ1n) is 8.03. The summed E-state index contributed by atoms with van der Waals surface area (Å²) in [6.45, 7) is 1.29. The summed E-state index contributed by atoms with van der Waals surface area (Å²) in [6.07, 6.45) is 1.46. The van der Waals surface area contributed by atoms with Gasteiger partial charge in [-0.3, -0.25) is 4.79 Å². The maximum absolute atomic E-state index is 12.2. The summed E-state index contributed by atoms with van der Waals surface area (Å²) < 4.78 is 5.65. The molecule has 1 unspecified atom stereocenters. The van der Waals surface area contributed by atoms with E-state index < -0.39 is 6.04 Å². The molecule has 2 aromatic carbocycles. The second kappa shape index (κ2) is 7.29. The molecule has 2 atom stereocenters. The molecule has 0 fully saturated rings. The maximum atomic E-state index is 12.2. The molecule has 0 radical (unpaired) electrons. The third-order valence-electron chi connectivity index (χ3n) is 4.24. The number of benzene rings is 2. The van der Waals surface area contributed by atoms with Gasteiger partial charge in [-0.1, -0.05) is 48.5 Å². The van der Waals surface area contributed by atoms with Crippen LogP contribution in [0.4, 0.5) is 0 Å². The molecule has 120 valence electrons.